The molecular formula is C23H23N5O3S. The van der Waals surface area contributed by atoms with Crippen LogP contribution in [-0.2, 0) is 11.3 Å². The molecule has 32 heavy (non-hydrogen) atoms. The number of hydrogen-bond donors (Lipinski definition) is 1. The molecule has 0 bridgehead atoms. The Morgan fingerprint density at radius 2 is 1.81 bits per heavy atom. The molecular weight excluding hydrogens is 426 g/mol. The van der Waals surface area contributed by atoms with E-state index in [1.54, 1.807) is 41.8 Å². The Balaban J connectivity index is 1.64. The Morgan fingerprint density at radius 1 is 1.09 bits per heavy atom. The number of amides is 1. The van der Waals surface area contributed by atoms with Gasteiger partial charge < -0.3 is 5.32 Å². The van der Waals surface area contributed by atoms with Crippen LogP contribution in [0.1, 0.15) is 37.6 Å². The number of hydrogen-bond acceptors (Lipinski definition) is 6. The number of Topliss-reactive ketones (excluding diaryl/α,β-unsaturated/α-hetero) is 1. The van der Waals surface area contributed by atoms with E-state index in [1.807, 2.05) is 29.5 Å². The van der Waals surface area contributed by atoms with Gasteiger partial charge in [-0.2, -0.15) is 0 Å². The van der Waals surface area contributed by atoms with Crippen molar-refractivity contribution >= 4 is 45.8 Å². The maximum Gasteiger partial charge on any atom is 0.262 e. The van der Waals surface area contributed by atoms with E-state index in [0.29, 0.717) is 39.6 Å². The van der Waals surface area contributed by atoms with Crippen molar-refractivity contribution in [2.24, 2.45) is 0 Å². The highest BCUT2D eigenvalue weighted by Gasteiger charge is 2.21. The van der Waals surface area contributed by atoms with Crippen LogP contribution in [0.5, 0.6) is 0 Å². The van der Waals surface area contributed by atoms with E-state index < -0.39 is 5.25 Å². The van der Waals surface area contributed by atoms with Gasteiger partial charge in [0.25, 0.3) is 5.56 Å². The van der Waals surface area contributed by atoms with Crippen LogP contribution in [0.4, 0.5) is 5.69 Å². The van der Waals surface area contributed by atoms with Gasteiger partial charge >= 0.3 is 0 Å². The van der Waals surface area contributed by atoms with Gasteiger partial charge in [-0.25, -0.2) is 0 Å². The van der Waals surface area contributed by atoms with Crippen LogP contribution < -0.4 is 10.9 Å². The highest BCUT2D eigenvalue weighted by molar-refractivity contribution is 8.00. The fourth-order valence-electron chi connectivity index (χ4n) is 3.48. The molecule has 0 fully saturated rings. The maximum atomic E-state index is 12.9. The van der Waals surface area contributed by atoms with Gasteiger partial charge in [0.15, 0.2) is 10.9 Å². The Hall–Kier alpha value is -3.46. The molecule has 0 saturated carbocycles. The molecule has 4 aromatic rings. The summed E-state index contributed by atoms with van der Waals surface area (Å²) in [5.41, 5.74) is 1.81. The van der Waals surface area contributed by atoms with Gasteiger partial charge in [-0.05, 0) is 56.7 Å². The molecule has 0 spiro atoms. The number of nitrogens with one attached hydrogen (secondary N) is 1. The van der Waals surface area contributed by atoms with Crippen molar-refractivity contribution in [3.05, 3.63) is 64.4 Å². The van der Waals surface area contributed by atoms with Crippen LogP contribution in [0.15, 0.2) is 58.5 Å². The normalized spacial score (nSPS) is 12.2. The van der Waals surface area contributed by atoms with Gasteiger partial charge in [0, 0.05) is 17.8 Å². The Labute approximate surface area is 188 Å². The van der Waals surface area contributed by atoms with Gasteiger partial charge in [0.05, 0.1) is 16.2 Å². The summed E-state index contributed by atoms with van der Waals surface area (Å²) in [5.74, 6) is 0.234. The van der Waals surface area contributed by atoms with Gasteiger partial charge in [-0.3, -0.25) is 23.4 Å². The predicted molar refractivity (Wildman–Crippen MR) is 125 cm³/mol. The first kappa shape index (κ1) is 21.8. The zero-order valence-corrected chi connectivity index (χ0v) is 18.8. The number of thioether (sulfide) groups is 1. The average molecular weight is 450 g/mol. The summed E-state index contributed by atoms with van der Waals surface area (Å²) in [5, 5.41) is 12.1. The zero-order chi connectivity index (χ0) is 22.8. The minimum Gasteiger partial charge on any atom is -0.325 e. The fraction of sp³-hybridized carbons (Fsp3) is 0.261. The number of aryl methyl sites for hydroxylation is 1. The Morgan fingerprint density at radius 3 is 2.50 bits per heavy atom. The standard InChI is InChI=1S/C23H23N5O3S/c1-4-13-27-21(31)18-7-5-6-8-19(18)28-22(27)25-26-23(28)32-15(3)20(30)24-17-11-9-16(10-12-17)14(2)29/h5-12,15H,4,13H2,1-3H3,(H,24,30). The van der Waals surface area contributed by atoms with Gasteiger partial charge in [-0.15, -0.1) is 10.2 Å². The lowest BCUT2D eigenvalue weighted by atomic mass is 10.1. The minimum absolute atomic E-state index is 0.0285. The van der Waals surface area contributed by atoms with Crippen LogP contribution in [-0.4, -0.2) is 36.1 Å². The second kappa shape index (κ2) is 8.96. The molecule has 8 nitrogen and oxygen atoms in total. The summed E-state index contributed by atoms with van der Waals surface area (Å²) in [6.45, 7) is 5.82. The van der Waals surface area contributed by atoms with Crippen molar-refractivity contribution in [3.63, 3.8) is 0 Å². The number of ketones is 1. The Bertz CT molecular complexity index is 1370. The van der Waals surface area contributed by atoms with E-state index in [4.69, 9.17) is 0 Å². The summed E-state index contributed by atoms with van der Waals surface area (Å²) in [6, 6.07) is 14.1. The number of anilines is 1. The first-order chi connectivity index (χ1) is 15.4. The molecule has 0 aliphatic heterocycles. The van der Waals surface area contributed by atoms with Crippen molar-refractivity contribution in [1.82, 2.24) is 19.2 Å². The third kappa shape index (κ3) is 4.03. The SMILES string of the molecule is CCCn1c(=O)c2ccccc2n2c(SC(C)C(=O)Nc3ccc(C(C)=O)cc3)nnc12. The molecule has 9 heteroatoms. The van der Waals surface area contributed by atoms with Crippen LogP contribution in [0, 0.1) is 0 Å². The number of rotatable bonds is 7. The lowest BCUT2D eigenvalue weighted by Gasteiger charge is -2.13. The van der Waals surface area contributed by atoms with E-state index >= 15 is 0 Å². The smallest absolute Gasteiger partial charge is 0.262 e. The molecule has 1 unspecified atom stereocenters. The Kier molecular flexibility index (Phi) is 6.09. The highest BCUT2D eigenvalue weighted by atomic mass is 32.2. The molecule has 4 rings (SSSR count). The third-order valence-corrected chi connectivity index (χ3v) is 6.18. The van der Waals surface area contributed by atoms with E-state index in [2.05, 4.69) is 15.5 Å². The predicted octanol–water partition coefficient (Wildman–Crippen LogP) is 3.78. The quantitative estimate of drug-likeness (QED) is 0.341. The number of para-hydroxylation sites is 1. The highest BCUT2D eigenvalue weighted by Crippen LogP contribution is 2.26. The van der Waals surface area contributed by atoms with Crippen molar-refractivity contribution in [2.45, 2.75) is 44.1 Å². The van der Waals surface area contributed by atoms with Crippen molar-refractivity contribution in [2.75, 3.05) is 5.32 Å². The molecule has 164 valence electrons. The summed E-state index contributed by atoms with van der Waals surface area (Å²) in [6.07, 6.45) is 0.782. The van der Waals surface area contributed by atoms with Crippen molar-refractivity contribution < 1.29 is 9.59 Å². The topological polar surface area (TPSA) is 98.4 Å². The van der Waals surface area contributed by atoms with Gasteiger partial charge in [-0.1, -0.05) is 30.8 Å². The first-order valence-electron chi connectivity index (χ1n) is 10.4. The molecule has 0 saturated heterocycles. The van der Waals surface area contributed by atoms with E-state index in [-0.39, 0.29) is 17.2 Å². The number of carbonyl (C=O) groups is 2. The summed E-state index contributed by atoms with van der Waals surface area (Å²) in [4.78, 5) is 37.1. The fourth-order valence-corrected chi connectivity index (χ4v) is 4.33. The molecule has 0 aliphatic rings. The molecule has 0 radical (unpaired) electrons. The number of nitrogens with zero attached hydrogens (tertiary/aromatic N) is 4. The van der Waals surface area contributed by atoms with Crippen LogP contribution in [0.2, 0.25) is 0 Å². The molecule has 1 atom stereocenters. The molecule has 2 aromatic carbocycles. The number of aromatic nitrogens is 4. The van der Waals surface area contributed by atoms with Gasteiger partial charge in [0.2, 0.25) is 11.7 Å². The lowest BCUT2D eigenvalue weighted by Crippen LogP contribution is -2.24. The van der Waals surface area contributed by atoms with E-state index in [9.17, 15) is 14.4 Å². The van der Waals surface area contributed by atoms with Crippen molar-refractivity contribution in [3.8, 4) is 0 Å². The monoisotopic (exact) mass is 449 g/mol. The first-order valence-corrected chi connectivity index (χ1v) is 11.2. The summed E-state index contributed by atoms with van der Waals surface area (Å²) in [7, 11) is 0. The van der Waals surface area contributed by atoms with Crippen molar-refractivity contribution in [1.29, 1.82) is 0 Å². The average Bonchev–Trinajstić information content (AvgIpc) is 3.20. The largest absolute Gasteiger partial charge is 0.325 e. The molecule has 1 N–H and O–H groups in total. The second-order valence-electron chi connectivity index (χ2n) is 7.47. The third-order valence-electron chi connectivity index (χ3n) is 5.14. The second-order valence-corrected chi connectivity index (χ2v) is 8.78. The molecule has 1 amide bonds. The number of carbonyl (C=O) groups excluding carboxylic acids is 2. The summed E-state index contributed by atoms with van der Waals surface area (Å²) < 4.78 is 3.46. The summed E-state index contributed by atoms with van der Waals surface area (Å²) >= 11 is 1.27. The molecule has 2 aromatic heterocycles. The van der Waals surface area contributed by atoms with Crippen LogP contribution >= 0.6 is 11.8 Å². The lowest BCUT2D eigenvalue weighted by molar-refractivity contribution is -0.115. The van der Waals surface area contributed by atoms with E-state index in [1.165, 1.54) is 18.7 Å². The van der Waals surface area contributed by atoms with Crippen LogP contribution in [0.3, 0.4) is 0 Å². The number of fused-ring (bicyclic) bond motifs is 3. The minimum atomic E-state index is -0.472. The number of benzene rings is 2. The van der Waals surface area contributed by atoms with Gasteiger partial charge in [0.1, 0.15) is 0 Å². The maximum absolute atomic E-state index is 12.9. The van der Waals surface area contributed by atoms with Crippen LogP contribution in [0.25, 0.3) is 16.7 Å². The molecule has 0 aliphatic carbocycles. The zero-order valence-electron chi connectivity index (χ0n) is 18.0. The molecule has 2 heterocycles. The van der Waals surface area contributed by atoms with E-state index in [0.717, 1.165) is 6.42 Å².